The Morgan fingerprint density at radius 1 is 1.35 bits per heavy atom. The van der Waals surface area contributed by atoms with E-state index in [0.29, 0.717) is 12.2 Å². The minimum atomic E-state index is -0.473. The summed E-state index contributed by atoms with van der Waals surface area (Å²) in [7, 11) is 5.30. The van der Waals surface area contributed by atoms with Gasteiger partial charge >= 0.3 is 0 Å². The molecule has 1 atom stereocenters. The number of likely N-dealkylation sites (N-methyl/N-ethyl adjacent to an activating group) is 1. The maximum absolute atomic E-state index is 12.8. The number of aryl methyl sites for hydroxylation is 1. The van der Waals surface area contributed by atoms with Gasteiger partial charge in [0, 0.05) is 46.3 Å². The van der Waals surface area contributed by atoms with Crippen LogP contribution in [0.4, 0.5) is 5.82 Å². The summed E-state index contributed by atoms with van der Waals surface area (Å²) in [6.45, 7) is 9.56. The predicted molar refractivity (Wildman–Crippen MR) is 87.0 cm³/mol. The van der Waals surface area contributed by atoms with Crippen molar-refractivity contribution in [1.82, 2.24) is 14.5 Å². The molecule has 1 unspecified atom stereocenters. The first-order valence-corrected chi connectivity index (χ1v) is 7.49. The molecule has 0 aromatic carbocycles. The third-order valence-corrected chi connectivity index (χ3v) is 4.37. The first-order valence-electron chi connectivity index (χ1n) is 7.49. The summed E-state index contributed by atoms with van der Waals surface area (Å²) >= 11 is 0. The van der Waals surface area contributed by atoms with Crippen molar-refractivity contribution < 1.29 is 25.9 Å². The Balaban J connectivity index is 0.00000264. The maximum atomic E-state index is 12.8. The van der Waals surface area contributed by atoms with Gasteiger partial charge in [-0.15, -0.1) is 0 Å². The van der Waals surface area contributed by atoms with Gasteiger partial charge in [-0.3, -0.25) is 14.2 Å². The summed E-state index contributed by atoms with van der Waals surface area (Å²) in [6.07, 6.45) is 0.610. The van der Waals surface area contributed by atoms with E-state index in [1.807, 2.05) is 13.8 Å². The van der Waals surface area contributed by atoms with Crippen LogP contribution in [0.25, 0.3) is 0 Å². The van der Waals surface area contributed by atoms with Gasteiger partial charge in [0.1, 0.15) is 6.04 Å². The van der Waals surface area contributed by atoms with E-state index in [9.17, 15) is 9.59 Å². The van der Waals surface area contributed by atoms with E-state index in [2.05, 4.69) is 18.8 Å². The zero-order valence-corrected chi connectivity index (χ0v) is 17.8. The molecular weight excluding hydrogens is 464 g/mol. The van der Waals surface area contributed by atoms with Crippen LogP contribution in [0.1, 0.15) is 44.6 Å². The summed E-state index contributed by atoms with van der Waals surface area (Å²) in [5.74, 6) is 0.312. The van der Waals surface area contributed by atoms with Crippen molar-refractivity contribution in [2.75, 3.05) is 26.0 Å². The molecule has 2 rings (SSSR count). The zero-order chi connectivity index (χ0) is 16.8. The second-order valence-electron chi connectivity index (χ2n) is 6.75. The molecular formula is C16H25N4O2W-. The van der Waals surface area contributed by atoms with Crippen LogP contribution >= 0.6 is 0 Å². The van der Waals surface area contributed by atoms with Crippen LogP contribution in [0.3, 0.4) is 0 Å². The number of nitrogens with zero attached hydrogens (tertiary/aromatic N) is 4. The number of anilines is 1. The van der Waals surface area contributed by atoms with Gasteiger partial charge in [-0.05, 0) is 20.4 Å². The molecule has 0 radical (unpaired) electrons. The summed E-state index contributed by atoms with van der Waals surface area (Å²) in [4.78, 5) is 33.2. The van der Waals surface area contributed by atoms with Crippen molar-refractivity contribution in [1.29, 1.82) is 0 Å². The van der Waals surface area contributed by atoms with Crippen molar-refractivity contribution in [3.63, 3.8) is 0 Å². The van der Waals surface area contributed by atoms with Crippen LogP contribution in [-0.4, -0.2) is 41.5 Å². The van der Waals surface area contributed by atoms with Gasteiger partial charge in [-0.2, -0.15) is 6.92 Å². The predicted octanol–water partition coefficient (Wildman–Crippen LogP) is 1.48. The normalized spacial score (nSPS) is 18.1. The molecule has 0 fully saturated rings. The SMILES string of the molecule is C[CH-]N(C)C(=O)C1CC(C)(C)c2c(C)nc(N(C)C)c(=O)n21.[W]. The van der Waals surface area contributed by atoms with Gasteiger partial charge in [0.2, 0.25) is 5.91 Å². The Morgan fingerprint density at radius 2 is 1.91 bits per heavy atom. The number of carbonyl (C=O) groups excluding carboxylic acids is 1. The molecule has 0 aliphatic carbocycles. The van der Waals surface area contributed by atoms with Crippen LogP contribution in [0.15, 0.2) is 4.79 Å². The van der Waals surface area contributed by atoms with Gasteiger partial charge in [-0.25, -0.2) is 11.5 Å². The van der Waals surface area contributed by atoms with E-state index in [1.165, 1.54) is 0 Å². The van der Waals surface area contributed by atoms with Gasteiger partial charge < -0.3 is 9.80 Å². The minimum absolute atomic E-state index is 0. The van der Waals surface area contributed by atoms with Crippen molar-refractivity contribution in [3.8, 4) is 0 Å². The molecule has 7 heteroatoms. The Hall–Kier alpha value is -1.16. The fourth-order valence-corrected chi connectivity index (χ4v) is 3.28. The summed E-state index contributed by atoms with van der Waals surface area (Å²) < 4.78 is 1.65. The Morgan fingerprint density at radius 3 is 2.39 bits per heavy atom. The average molecular weight is 489 g/mol. The van der Waals surface area contributed by atoms with Gasteiger partial charge in [0.25, 0.3) is 5.56 Å². The molecule has 1 aromatic heterocycles. The fourth-order valence-electron chi connectivity index (χ4n) is 3.28. The van der Waals surface area contributed by atoms with E-state index in [1.54, 1.807) is 42.1 Å². The summed E-state index contributed by atoms with van der Waals surface area (Å²) in [6, 6.07) is -0.473. The molecule has 0 saturated carbocycles. The summed E-state index contributed by atoms with van der Waals surface area (Å²) in [5.41, 5.74) is 1.23. The molecule has 1 aliphatic rings. The molecule has 23 heavy (non-hydrogen) atoms. The zero-order valence-electron chi connectivity index (χ0n) is 14.9. The van der Waals surface area contributed by atoms with Gasteiger partial charge in [-0.1, -0.05) is 13.8 Å². The smallest absolute Gasteiger partial charge is 0.294 e. The van der Waals surface area contributed by atoms with Crippen molar-refractivity contribution >= 4 is 11.7 Å². The minimum Gasteiger partial charge on any atom is -0.494 e. The topological polar surface area (TPSA) is 58.4 Å². The molecule has 6 nitrogen and oxygen atoms in total. The monoisotopic (exact) mass is 489 g/mol. The quantitative estimate of drug-likeness (QED) is 0.604. The van der Waals surface area contributed by atoms with E-state index in [4.69, 9.17) is 0 Å². The van der Waals surface area contributed by atoms with E-state index >= 15 is 0 Å². The first-order chi connectivity index (χ1) is 10.1. The molecule has 128 valence electrons. The number of amides is 1. The largest absolute Gasteiger partial charge is 0.494 e. The van der Waals surface area contributed by atoms with Gasteiger partial charge in [0.05, 0.1) is 5.69 Å². The molecule has 0 bridgehead atoms. The van der Waals surface area contributed by atoms with E-state index in [0.717, 1.165) is 11.4 Å². The number of aromatic nitrogens is 2. The van der Waals surface area contributed by atoms with Gasteiger partial charge in [0.15, 0.2) is 5.82 Å². The standard InChI is InChI=1S/C16H25N4O2.W/c1-8-19(7)14(21)11-9-16(3,4)12-10(2)17-13(18(5)6)15(22)20(11)12;/h8,11H,9H2,1-7H3;/q-1;. The Bertz CT molecular complexity index is 667. The number of fused-ring (bicyclic) bond motifs is 1. The van der Waals surface area contributed by atoms with Crippen LogP contribution < -0.4 is 10.5 Å². The molecule has 1 aromatic rings. The molecule has 1 aliphatic heterocycles. The number of hydrogen-bond acceptors (Lipinski definition) is 4. The van der Waals surface area contributed by atoms with E-state index < -0.39 is 6.04 Å². The van der Waals surface area contributed by atoms with Crippen LogP contribution in [0.5, 0.6) is 0 Å². The third-order valence-electron chi connectivity index (χ3n) is 4.37. The summed E-state index contributed by atoms with van der Waals surface area (Å²) in [5, 5.41) is 0. The molecule has 1 amide bonds. The van der Waals surface area contributed by atoms with E-state index in [-0.39, 0.29) is 37.9 Å². The third kappa shape index (κ3) is 3.23. The number of hydrogen-bond donors (Lipinski definition) is 0. The molecule has 0 N–H and O–H groups in total. The first kappa shape index (κ1) is 19.9. The molecule has 0 spiro atoms. The second-order valence-corrected chi connectivity index (χ2v) is 6.75. The van der Waals surface area contributed by atoms with Crippen LogP contribution in [0, 0.1) is 13.5 Å². The van der Waals surface area contributed by atoms with Crippen LogP contribution in [0.2, 0.25) is 0 Å². The second kappa shape index (κ2) is 6.76. The number of carbonyl (C=O) groups is 1. The average Bonchev–Trinajstić information content (AvgIpc) is 2.73. The maximum Gasteiger partial charge on any atom is 0.294 e. The van der Waals surface area contributed by atoms with Crippen LogP contribution in [-0.2, 0) is 31.3 Å². The van der Waals surface area contributed by atoms with Crippen molar-refractivity contribution in [2.24, 2.45) is 0 Å². The Kier molecular flexibility index (Phi) is 5.84. The fraction of sp³-hybridized carbons (Fsp3) is 0.625. The van der Waals surface area contributed by atoms with Crippen molar-refractivity contribution in [3.05, 3.63) is 28.3 Å². The van der Waals surface area contributed by atoms with Crippen molar-refractivity contribution in [2.45, 2.75) is 45.6 Å². The molecule has 0 saturated heterocycles. The Labute approximate surface area is 152 Å². The number of rotatable bonds is 3. The molecule has 2 heterocycles.